The van der Waals surface area contributed by atoms with Gasteiger partial charge in [-0.25, -0.2) is 9.59 Å². The van der Waals surface area contributed by atoms with Gasteiger partial charge < -0.3 is 19.4 Å². The molecule has 0 radical (unpaired) electrons. The van der Waals surface area contributed by atoms with Crippen molar-refractivity contribution in [1.82, 2.24) is 14.7 Å². The molecule has 1 rings (SSSR count). The molecule has 0 unspecified atom stereocenters. The van der Waals surface area contributed by atoms with Crippen molar-refractivity contribution in [1.29, 1.82) is 0 Å². The van der Waals surface area contributed by atoms with Crippen LogP contribution in [0.15, 0.2) is 0 Å². The lowest BCUT2D eigenvalue weighted by Crippen LogP contribution is -2.53. The SMILES string of the molecule is CCCCN(C)C(=O)N1CCN(C(=O)OCC)CC1. The van der Waals surface area contributed by atoms with Gasteiger partial charge in [0, 0.05) is 39.8 Å². The van der Waals surface area contributed by atoms with Gasteiger partial charge in [-0.2, -0.15) is 0 Å². The van der Waals surface area contributed by atoms with Crippen LogP contribution in [-0.2, 0) is 4.74 Å². The smallest absolute Gasteiger partial charge is 0.409 e. The number of ether oxygens (including phenoxy) is 1. The number of urea groups is 1. The molecular formula is C13H25N3O3. The van der Waals surface area contributed by atoms with Crippen LogP contribution in [0.25, 0.3) is 0 Å². The minimum atomic E-state index is -0.283. The van der Waals surface area contributed by atoms with Crippen molar-refractivity contribution in [3.05, 3.63) is 0 Å². The average molecular weight is 271 g/mol. The highest BCUT2D eigenvalue weighted by Crippen LogP contribution is 2.07. The first-order valence-electron chi connectivity index (χ1n) is 7.01. The highest BCUT2D eigenvalue weighted by molar-refractivity contribution is 5.75. The largest absolute Gasteiger partial charge is 0.450 e. The number of hydrogen-bond donors (Lipinski definition) is 0. The van der Waals surface area contributed by atoms with Crippen LogP contribution in [0.1, 0.15) is 26.7 Å². The Balaban J connectivity index is 2.36. The van der Waals surface area contributed by atoms with Crippen LogP contribution in [0.2, 0.25) is 0 Å². The minimum absolute atomic E-state index is 0.0527. The summed E-state index contributed by atoms with van der Waals surface area (Å²) in [5, 5.41) is 0. The molecule has 6 heteroatoms. The number of amides is 3. The van der Waals surface area contributed by atoms with E-state index < -0.39 is 0 Å². The van der Waals surface area contributed by atoms with Crippen LogP contribution in [0.4, 0.5) is 9.59 Å². The first kappa shape index (κ1) is 15.6. The minimum Gasteiger partial charge on any atom is -0.450 e. The highest BCUT2D eigenvalue weighted by atomic mass is 16.6. The maximum Gasteiger partial charge on any atom is 0.409 e. The molecule has 0 aromatic carbocycles. The van der Waals surface area contributed by atoms with Gasteiger partial charge in [0.25, 0.3) is 0 Å². The maximum absolute atomic E-state index is 12.1. The molecule has 110 valence electrons. The summed E-state index contributed by atoms with van der Waals surface area (Å²) >= 11 is 0. The molecule has 1 fully saturated rings. The highest BCUT2D eigenvalue weighted by Gasteiger charge is 2.26. The van der Waals surface area contributed by atoms with Crippen LogP contribution in [-0.4, -0.2) is 73.2 Å². The lowest BCUT2D eigenvalue weighted by atomic mass is 10.3. The lowest BCUT2D eigenvalue weighted by molar-refractivity contribution is 0.0801. The second-order valence-corrected chi connectivity index (χ2v) is 4.73. The molecule has 1 heterocycles. The molecule has 3 amide bonds. The van der Waals surface area contributed by atoms with Gasteiger partial charge in [-0.1, -0.05) is 13.3 Å². The summed E-state index contributed by atoms with van der Waals surface area (Å²) in [4.78, 5) is 28.9. The zero-order chi connectivity index (χ0) is 14.3. The topological polar surface area (TPSA) is 53.1 Å². The summed E-state index contributed by atoms with van der Waals surface area (Å²) in [5.41, 5.74) is 0. The third-order valence-electron chi connectivity index (χ3n) is 3.25. The van der Waals surface area contributed by atoms with Crippen molar-refractivity contribution >= 4 is 12.1 Å². The van der Waals surface area contributed by atoms with Crippen LogP contribution >= 0.6 is 0 Å². The molecule has 1 saturated heterocycles. The Morgan fingerprint density at radius 1 is 1.11 bits per heavy atom. The summed E-state index contributed by atoms with van der Waals surface area (Å²) in [6, 6.07) is 0.0527. The molecule has 6 nitrogen and oxygen atoms in total. The van der Waals surface area contributed by atoms with Crippen molar-refractivity contribution in [2.75, 3.05) is 46.4 Å². The number of unbranched alkanes of at least 4 members (excludes halogenated alkanes) is 1. The van der Waals surface area contributed by atoms with E-state index in [-0.39, 0.29) is 12.1 Å². The normalized spacial score (nSPS) is 15.3. The summed E-state index contributed by atoms with van der Waals surface area (Å²) in [5.74, 6) is 0. The summed E-state index contributed by atoms with van der Waals surface area (Å²) in [6.45, 7) is 7.32. The van der Waals surface area contributed by atoms with Crippen molar-refractivity contribution in [3.8, 4) is 0 Å². The number of piperazine rings is 1. The third kappa shape index (κ3) is 4.61. The number of rotatable bonds is 4. The van der Waals surface area contributed by atoms with Gasteiger partial charge in [0.2, 0.25) is 0 Å². The van der Waals surface area contributed by atoms with E-state index in [0.29, 0.717) is 32.8 Å². The van der Waals surface area contributed by atoms with Crippen LogP contribution in [0.5, 0.6) is 0 Å². The van der Waals surface area contributed by atoms with Crippen LogP contribution < -0.4 is 0 Å². The second-order valence-electron chi connectivity index (χ2n) is 4.73. The Morgan fingerprint density at radius 2 is 1.68 bits per heavy atom. The monoisotopic (exact) mass is 271 g/mol. The Labute approximate surface area is 115 Å². The summed E-state index contributed by atoms with van der Waals surface area (Å²) < 4.78 is 4.95. The molecule has 0 atom stereocenters. The van der Waals surface area contributed by atoms with E-state index in [9.17, 15) is 9.59 Å². The van der Waals surface area contributed by atoms with Crippen molar-refractivity contribution < 1.29 is 14.3 Å². The van der Waals surface area contributed by atoms with Gasteiger partial charge in [-0.15, -0.1) is 0 Å². The zero-order valence-electron chi connectivity index (χ0n) is 12.2. The Morgan fingerprint density at radius 3 is 2.21 bits per heavy atom. The van der Waals surface area contributed by atoms with E-state index in [1.807, 2.05) is 7.05 Å². The van der Waals surface area contributed by atoms with Gasteiger partial charge in [0.1, 0.15) is 0 Å². The first-order chi connectivity index (χ1) is 9.10. The fourth-order valence-corrected chi connectivity index (χ4v) is 2.03. The molecule has 0 N–H and O–H groups in total. The standard InChI is InChI=1S/C13H25N3O3/c1-4-6-7-14(3)12(17)15-8-10-16(11-9-15)13(18)19-5-2/h4-11H2,1-3H3. The van der Waals surface area contributed by atoms with Gasteiger partial charge in [-0.05, 0) is 13.3 Å². The molecule has 0 bridgehead atoms. The average Bonchev–Trinajstić information content (AvgIpc) is 2.44. The van der Waals surface area contributed by atoms with Gasteiger partial charge in [0.15, 0.2) is 0 Å². The van der Waals surface area contributed by atoms with E-state index in [1.165, 1.54) is 0 Å². The maximum atomic E-state index is 12.1. The molecule has 1 aliphatic heterocycles. The molecule has 0 spiro atoms. The second kappa shape index (κ2) is 7.86. The number of carbonyl (C=O) groups is 2. The lowest BCUT2D eigenvalue weighted by Gasteiger charge is -2.36. The van der Waals surface area contributed by atoms with Crippen LogP contribution in [0, 0.1) is 0 Å². The quantitative estimate of drug-likeness (QED) is 0.780. The molecule has 19 heavy (non-hydrogen) atoms. The van der Waals surface area contributed by atoms with E-state index in [4.69, 9.17) is 4.74 Å². The molecular weight excluding hydrogens is 246 g/mol. The predicted molar refractivity (Wildman–Crippen MR) is 73.1 cm³/mol. The molecule has 0 saturated carbocycles. The number of nitrogens with zero attached hydrogens (tertiary/aromatic N) is 3. The molecule has 1 aliphatic rings. The van der Waals surface area contributed by atoms with Crippen molar-refractivity contribution in [2.45, 2.75) is 26.7 Å². The van der Waals surface area contributed by atoms with Crippen molar-refractivity contribution in [3.63, 3.8) is 0 Å². The van der Waals surface area contributed by atoms with Crippen molar-refractivity contribution in [2.24, 2.45) is 0 Å². The van der Waals surface area contributed by atoms with E-state index >= 15 is 0 Å². The zero-order valence-corrected chi connectivity index (χ0v) is 12.2. The van der Waals surface area contributed by atoms with Gasteiger partial charge in [-0.3, -0.25) is 0 Å². The van der Waals surface area contributed by atoms with E-state index in [1.54, 1.807) is 21.6 Å². The van der Waals surface area contributed by atoms with Gasteiger partial charge >= 0.3 is 12.1 Å². The fourth-order valence-electron chi connectivity index (χ4n) is 2.03. The Hall–Kier alpha value is -1.46. The molecule has 0 aliphatic carbocycles. The predicted octanol–water partition coefficient (Wildman–Crippen LogP) is 1.61. The molecule has 0 aromatic heterocycles. The van der Waals surface area contributed by atoms with E-state index in [2.05, 4.69) is 6.92 Å². The Kier molecular flexibility index (Phi) is 6.45. The van der Waals surface area contributed by atoms with Crippen LogP contribution in [0.3, 0.4) is 0 Å². The number of carbonyl (C=O) groups excluding carboxylic acids is 2. The van der Waals surface area contributed by atoms with Gasteiger partial charge in [0.05, 0.1) is 6.61 Å². The Bertz CT molecular complexity index is 302. The van der Waals surface area contributed by atoms with E-state index in [0.717, 1.165) is 19.4 Å². The summed E-state index contributed by atoms with van der Waals surface area (Å²) in [7, 11) is 1.83. The fraction of sp³-hybridized carbons (Fsp3) is 0.846. The number of hydrogen-bond acceptors (Lipinski definition) is 3. The first-order valence-corrected chi connectivity index (χ1v) is 7.01. The molecule has 0 aromatic rings. The third-order valence-corrected chi connectivity index (χ3v) is 3.25. The summed E-state index contributed by atoms with van der Waals surface area (Å²) in [6.07, 6.45) is 1.81.